The Kier molecular flexibility index (Phi) is 6.07. The molecule has 0 aliphatic heterocycles. The van der Waals surface area contributed by atoms with Crippen LogP contribution >= 0.6 is 0 Å². The van der Waals surface area contributed by atoms with E-state index in [1.807, 2.05) is 6.92 Å². The summed E-state index contributed by atoms with van der Waals surface area (Å²) in [6.45, 7) is 1.94. The van der Waals surface area contributed by atoms with Gasteiger partial charge in [-0.3, -0.25) is 9.79 Å². The van der Waals surface area contributed by atoms with Crippen molar-refractivity contribution < 1.29 is 14.9 Å². The molecule has 1 aromatic heterocycles. The standard InChI is InChI=1S/C12H20N4O2/c1-3-4-12(18)16-10(11(17)7-13-2)5-9-6-14-8-15-9/h6-8,10-11,17H,3-5H2,1-2H3,(H,14,15)(H,16,18)/p+1. The minimum Gasteiger partial charge on any atom is -0.381 e. The minimum atomic E-state index is -0.751. The normalized spacial score (nSPS) is 14.6. The molecule has 0 radical (unpaired) electrons. The van der Waals surface area contributed by atoms with E-state index >= 15 is 0 Å². The zero-order chi connectivity index (χ0) is 13.4. The van der Waals surface area contributed by atoms with Gasteiger partial charge in [-0.15, -0.1) is 0 Å². The summed E-state index contributed by atoms with van der Waals surface area (Å²) < 4.78 is 0. The first-order valence-corrected chi connectivity index (χ1v) is 6.12. The SMILES string of the molecule is CCCC(=O)NC(Cc1cnc[nH]1)C(O)C=[NH+]C. The summed E-state index contributed by atoms with van der Waals surface area (Å²) in [7, 11) is 1.71. The van der Waals surface area contributed by atoms with Gasteiger partial charge in [0.1, 0.15) is 7.05 Å². The number of nitrogens with zero attached hydrogens (tertiary/aromatic N) is 1. The van der Waals surface area contributed by atoms with Crippen LogP contribution in [0.4, 0.5) is 0 Å². The largest absolute Gasteiger partial charge is 0.381 e. The highest BCUT2D eigenvalue weighted by Crippen LogP contribution is 2.02. The summed E-state index contributed by atoms with van der Waals surface area (Å²) >= 11 is 0. The molecule has 2 unspecified atom stereocenters. The Labute approximate surface area is 107 Å². The van der Waals surface area contributed by atoms with E-state index < -0.39 is 6.10 Å². The summed E-state index contributed by atoms with van der Waals surface area (Å²) in [5, 5.41) is 12.8. The Morgan fingerprint density at radius 1 is 1.72 bits per heavy atom. The number of aromatic nitrogens is 2. The predicted octanol–water partition coefficient (Wildman–Crippen LogP) is -1.62. The third-order valence-electron chi connectivity index (χ3n) is 2.57. The van der Waals surface area contributed by atoms with Crippen LogP contribution in [0, 0.1) is 0 Å². The zero-order valence-corrected chi connectivity index (χ0v) is 10.8. The van der Waals surface area contributed by atoms with Crippen molar-refractivity contribution in [3.8, 4) is 0 Å². The monoisotopic (exact) mass is 253 g/mol. The van der Waals surface area contributed by atoms with Crippen LogP contribution in [0.1, 0.15) is 25.5 Å². The van der Waals surface area contributed by atoms with Gasteiger partial charge in [-0.05, 0) is 6.42 Å². The van der Waals surface area contributed by atoms with Crippen molar-refractivity contribution in [3.05, 3.63) is 18.2 Å². The molecule has 0 aliphatic carbocycles. The zero-order valence-electron chi connectivity index (χ0n) is 10.8. The van der Waals surface area contributed by atoms with Crippen molar-refractivity contribution in [2.45, 2.75) is 38.3 Å². The van der Waals surface area contributed by atoms with E-state index in [2.05, 4.69) is 20.3 Å². The second-order valence-electron chi connectivity index (χ2n) is 4.15. The fourth-order valence-corrected chi connectivity index (χ4v) is 1.68. The highest BCUT2D eigenvalue weighted by molar-refractivity contribution is 5.77. The van der Waals surface area contributed by atoms with E-state index in [0.29, 0.717) is 12.8 Å². The summed E-state index contributed by atoms with van der Waals surface area (Å²) in [5.41, 5.74) is 0.875. The Hall–Kier alpha value is -1.69. The topological polar surface area (TPSA) is 92.0 Å². The van der Waals surface area contributed by atoms with Crippen LogP contribution < -0.4 is 10.3 Å². The van der Waals surface area contributed by atoms with Gasteiger partial charge in [-0.25, -0.2) is 4.98 Å². The maximum atomic E-state index is 11.6. The third kappa shape index (κ3) is 4.67. The lowest BCUT2D eigenvalue weighted by atomic mass is 10.1. The Bertz CT molecular complexity index is 375. The van der Waals surface area contributed by atoms with Crippen LogP contribution in [-0.2, 0) is 11.2 Å². The fraction of sp³-hybridized carbons (Fsp3) is 0.583. The molecule has 18 heavy (non-hydrogen) atoms. The van der Waals surface area contributed by atoms with Gasteiger partial charge in [0.15, 0.2) is 12.3 Å². The quantitative estimate of drug-likeness (QED) is 0.440. The molecule has 0 spiro atoms. The number of H-pyrrole nitrogens is 1. The van der Waals surface area contributed by atoms with E-state index in [1.54, 1.807) is 25.8 Å². The maximum Gasteiger partial charge on any atom is 0.220 e. The lowest BCUT2D eigenvalue weighted by molar-refractivity contribution is -0.417. The highest BCUT2D eigenvalue weighted by atomic mass is 16.3. The first-order valence-electron chi connectivity index (χ1n) is 6.12. The first kappa shape index (κ1) is 14.4. The number of carbonyl (C=O) groups is 1. The van der Waals surface area contributed by atoms with Crippen molar-refractivity contribution >= 4 is 12.1 Å². The first-order chi connectivity index (χ1) is 8.67. The molecule has 4 N–H and O–H groups in total. The van der Waals surface area contributed by atoms with Crippen LogP contribution in [0.3, 0.4) is 0 Å². The van der Waals surface area contributed by atoms with Gasteiger partial charge >= 0.3 is 0 Å². The van der Waals surface area contributed by atoms with Gasteiger partial charge in [-0.2, -0.15) is 0 Å². The van der Waals surface area contributed by atoms with Gasteiger partial charge in [0, 0.05) is 24.7 Å². The van der Waals surface area contributed by atoms with Gasteiger partial charge in [0.2, 0.25) is 5.91 Å². The molecule has 0 aromatic carbocycles. The van der Waals surface area contributed by atoms with Gasteiger partial charge in [0.05, 0.1) is 12.4 Å². The van der Waals surface area contributed by atoms with E-state index in [9.17, 15) is 9.90 Å². The Morgan fingerprint density at radius 2 is 2.50 bits per heavy atom. The van der Waals surface area contributed by atoms with Crippen LogP contribution in [0.5, 0.6) is 0 Å². The molecular weight excluding hydrogens is 232 g/mol. The molecule has 0 bridgehead atoms. The molecule has 0 aliphatic rings. The molecule has 0 saturated carbocycles. The average molecular weight is 253 g/mol. The molecule has 1 heterocycles. The number of hydrogen-bond donors (Lipinski definition) is 4. The van der Waals surface area contributed by atoms with Crippen LogP contribution in [-0.4, -0.2) is 46.4 Å². The summed E-state index contributed by atoms with van der Waals surface area (Å²) in [5.74, 6) is -0.0504. The summed E-state index contributed by atoms with van der Waals surface area (Å²) in [4.78, 5) is 21.3. The fourth-order valence-electron chi connectivity index (χ4n) is 1.68. The number of amides is 1. The van der Waals surface area contributed by atoms with E-state index in [4.69, 9.17) is 0 Å². The number of imidazole rings is 1. The number of aliphatic hydroxyl groups is 1. The van der Waals surface area contributed by atoms with Crippen molar-refractivity contribution in [2.75, 3.05) is 7.05 Å². The van der Waals surface area contributed by atoms with Crippen molar-refractivity contribution in [3.63, 3.8) is 0 Å². The summed E-state index contributed by atoms with van der Waals surface area (Å²) in [6, 6.07) is -0.364. The number of aromatic amines is 1. The molecule has 0 saturated heterocycles. The van der Waals surface area contributed by atoms with Crippen molar-refractivity contribution in [2.24, 2.45) is 0 Å². The second kappa shape index (κ2) is 7.60. The molecule has 0 fully saturated rings. The van der Waals surface area contributed by atoms with Crippen molar-refractivity contribution in [1.29, 1.82) is 0 Å². The van der Waals surface area contributed by atoms with Gasteiger partial charge in [-0.1, -0.05) is 6.92 Å². The van der Waals surface area contributed by atoms with E-state index in [-0.39, 0.29) is 11.9 Å². The number of aliphatic hydroxyl groups excluding tert-OH is 1. The Morgan fingerprint density at radius 3 is 3.06 bits per heavy atom. The Balaban J connectivity index is 2.65. The second-order valence-corrected chi connectivity index (χ2v) is 4.15. The number of nitrogens with one attached hydrogen (secondary N) is 3. The minimum absolute atomic E-state index is 0.0504. The number of rotatable bonds is 7. The van der Waals surface area contributed by atoms with Crippen LogP contribution in [0.25, 0.3) is 0 Å². The van der Waals surface area contributed by atoms with Gasteiger partial charge in [0.25, 0.3) is 0 Å². The molecular formula is C12H21N4O2+. The molecule has 100 valence electrons. The predicted molar refractivity (Wildman–Crippen MR) is 68.1 cm³/mol. The number of carbonyl (C=O) groups excluding carboxylic acids is 1. The molecule has 6 nitrogen and oxygen atoms in total. The average Bonchev–Trinajstić information content (AvgIpc) is 2.81. The van der Waals surface area contributed by atoms with E-state index in [0.717, 1.165) is 12.1 Å². The highest BCUT2D eigenvalue weighted by Gasteiger charge is 2.22. The molecule has 1 amide bonds. The lowest BCUT2D eigenvalue weighted by Crippen LogP contribution is -2.67. The molecule has 6 heteroatoms. The third-order valence-corrected chi connectivity index (χ3v) is 2.57. The van der Waals surface area contributed by atoms with Gasteiger partial charge < -0.3 is 15.4 Å². The molecule has 1 aromatic rings. The lowest BCUT2D eigenvalue weighted by Gasteiger charge is -2.19. The van der Waals surface area contributed by atoms with E-state index in [1.165, 1.54) is 0 Å². The maximum absolute atomic E-state index is 11.6. The van der Waals surface area contributed by atoms with Crippen LogP contribution in [0.15, 0.2) is 12.5 Å². The van der Waals surface area contributed by atoms with Crippen molar-refractivity contribution in [1.82, 2.24) is 15.3 Å². The van der Waals surface area contributed by atoms with Crippen LogP contribution in [0.2, 0.25) is 0 Å². The smallest absolute Gasteiger partial charge is 0.220 e. The molecule has 1 rings (SSSR count). The number of hydrogen-bond acceptors (Lipinski definition) is 3. The molecule has 2 atom stereocenters. The summed E-state index contributed by atoms with van der Waals surface area (Å²) in [6.07, 6.45) is 5.82.